The maximum atomic E-state index is 4.64. The number of nitrogens with zero attached hydrogens (tertiary/aromatic N) is 2. The maximum absolute atomic E-state index is 4.64. The molecule has 0 amide bonds. The lowest BCUT2D eigenvalue weighted by atomic mass is 9.85. The van der Waals surface area contributed by atoms with Crippen molar-refractivity contribution in [2.75, 3.05) is 0 Å². The summed E-state index contributed by atoms with van der Waals surface area (Å²) in [6.07, 6.45) is 2.81. The summed E-state index contributed by atoms with van der Waals surface area (Å²) in [6.45, 7) is 9.29. The van der Waals surface area contributed by atoms with Crippen LogP contribution in [0.15, 0.2) is 6.07 Å². The van der Waals surface area contributed by atoms with Crippen molar-refractivity contribution >= 4 is 22.6 Å². The highest BCUT2D eigenvalue weighted by molar-refractivity contribution is 14.1. The molecule has 3 rings (SSSR count). The topological polar surface area (TPSA) is 17.8 Å². The summed E-state index contributed by atoms with van der Waals surface area (Å²) >= 11 is 2.34. The zero-order valence-electron chi connectivity index (χ0n) is 11.1. The Kier molecular flexibility index (Phi) is 2.62. The molecule has 2 fully saturated rings. The van der Waals surface area contributed by atoms with Gasteiger partial charge in [-0.15, -0.1) is 0 Å². The predicted octanol–water partition coefficient (Wildman–Crippen LogP) is 4.22. The highest BCUT2D eigenvalue weighted by Crippen LogP contribution is 2.68. The fourth-order valence-electron chi connectivity index (χ4n) is 3.84. The molecular formula is C14H21IN2. The predicted molar refractivity (Wildman–Crippen MR) is 78.1 cm³/mol. The Labute approximate surface area is 117 Å². The van der Waals surface area contributed by atoms with E-state index in [0.717, 1.165) is 21.5 Å². The van der Waals surface area contributed by atoms with Gasteiger partial charge >= 0.3 is 0 Å². The molecule has 0 aromatic carbocycles. The summed E-state index contributed by atoms with van der Waals surface area (Å²) in [7, 11) is 0. The second-order valence-electron chi connectivity index (χ2n) is 6.86. The number of hydrogen-bond donors (Lipinski definition) is 0. The second kappa shape index (κ2) is 3.72. The van der Waals surface area contributed by atoms with E-state index in [1.165, 1.54) is 18.5 Å². The smallest absolute Gasteiger partial charge is 0.123 e. The van der Waals surface area contributed by atoms with Gasteiger partial charge in [-0.25, -0.2) is 0 Å². The molecule has 94 valence electrons. The molecule has 0 N–H and O–H groups in total. The lowest BCUT2D eigenvalue weighted by molar-refractivity contribution is 0.324. The van der Waals surface area contributed by atoms with Crippen LogP contribution in [0.3, 0.4) is 0 Å². The first-order valence-corrected chi connectivity index (χ1v) is 7.72. The van der Waals surface area contributed by atoms with E-state index >= 15 is 0 Å². The highest BCUT2D eigenvalue weighted by atomic mass is 127. The van der Waals surface area contributed by atoms with Gasteiger partial charge < -0.3 is 0 Å². The number of hydrogen-bond acceptors (Lipinski definition) is 1. The van der Waals surface area contributed by atoms with Gasteiger partial charge in [0.2, 0.25) is 0 Å². The van der Waals surface area contributed by atoms with Gasteiger partial charge in [-0.1, -0.05) is 13.8 Å². The van der Waals surface area contributed by atoms with E-state index in [0.29, 0.717) is 11.5 Å². The molecule has 0 aliphatic heterocycles. The van der Waals surface area contributed by atoms with E-state index in [-0.39, 0.29) is 0 Å². The highest BCUT2D eigenvalue weighted by Gasteiger charge is 2.59. The Hall–Kier alpha value is -0.0600. The van der Waals surface area contributed by atoms with Crippen molar-refractivity contribution in [3.05, 3.63) is 15.5 Å². The molecule has 3 atom stereocenters. The van der Waals surface area contributed by atoms with E-state index in [9.17, 15) is 0 Å². The van der Waals surface area contributed by atoms with Gasteiger partial charge in [0, 0.05) is 17.7 Å². The van der Waals surface area contributed by atoms with Gasteiger partial charge in [-0.3, -0.25) is 4.68 Å². The van der Waals surface area contributed by atoms with Crippen LogP contribution in [0.2, 0.25) is 0 Å². The molecule has 2 saturated carbocycles. The van der Waals surface area contributed by atoms with Crippen LogP contribution in [0.1, 0.15) is 58.2 Å². The molecular weight excluding hydrogens is 323 g/mol. The number of halogens is 1. The van der Waals surface area contributed by atoms with Crippen LogP contribution in [-0.2, 0) is 0 Å². The van der Waals surface area contributed by atoms with Crippen molar-refractivity contribution in [1.29, 1.82) is 0 Å². The Morgan fingerprint density at radius 3 is 2.47 bits per heavy atom. The van der Waals surface area contributed by atoms with Gasteiger partial charge in [-0.05, 0) is 72.6 Å². The molecule has 1 aromatic rings. The minimum atomic E-state index is 0.489. The van der Waals surface area contributed by atoms with E-state index in [1.807, 2.05) is 0 Å². The minimum absolute atomic E-state index is 0.489. The number of aromatic nitrogens is 2. The third kappa shape index (κ3) is 1.94. The third-order valence-electron chi connectivity index (χ3n) is 4.47. The Bertz CT molecular complexity index is 433. The lowest BCUT2D eigenvalue weighted by Gasteiger charge is -2.21. The van der Waals surface area contributed by atoms with Crippen molar-refractivity contribution in [3.63, 3.8) is 0 Å². The monoisotopic (exact) mass is 344 g/mol. The van der Waals surface area contributed by atoms with Crippen LogP contribution in [0.5, 0.6) is 0 Å². The summed E-state index contributed by atoms with van der Waals surface area (Å²) in [4.78, 5) is 0. The first-order chi connectivity index (χ1) is 7.89. The first-order valence-electron chi connectivity index (χ1n) is 6.64. The average Bonchev–Trinajstić information content (AvgIpc) is 2.57. The molecule has 1 heterocycles. The average molecular weight is 344 g/mol. The Morgan fingerprint density at radius 2 is 1.94 bits per heavy atom. The van der Waals surface area contributed by atoms with Crippen molar-refractivity contribution in [2.24, 2.45) is 17.3 Å². The van der Waals surface area contributed by atoms with Gasteiger partial charge in [-0.2, -0.15) is 5.10 Å². The molecule has 0 saturated heterocycles. The van der Waals surface area contributed by atoms with Gasteiger partial charge in [0.25, 0.3) is 0 Å². The van der Waals surface area contributed by atoms with Crippen LogP contribution < -0.4 is 0 Å². The van der Waals surface area contributed by atoms with Crippen molar-refractivity contribution in [2.45, 2.75) is 52.5 Å². The molecule has 0 spiro atoms. The SMILES string of the molecule is CC(C)n1nc(I)cc1[C@H]1[C@@H]2CC(C)(C)C[C@@H]21. The first kappa shape index (κ1) is 12.0. The van der Waals surface area contributed by atoms with E-state index in [2.05, 4.69) is 66.1 Å². The molecule has 0 unspecified atom stereocenters. The fraction of sp³-hybridized carbons (Fsp3) is 0.786. The third-order valence-corrected chi connectivity index (χ3v) is 5.00. The Morgan fingerprint density at radius 1 is 1.35 bits per heavy atom. The van der Waals surface area contributed by atoms with Crippen LogP contribution in [0.4, 0.5) is 0 Å². The van der Waals surface area contributed by atoms with Crippen LogP contribution in [-0.4, -0.2) is 9.78 Å². The van der Waals surface area contributed by atoms with Crippen molar-refractivity contribution < 1.29 is 0 Å². The van der Waals surface area contributed by atoms with Crippen molar-refractivity contribution in [1.82, 2.24) is 9.78 Å². The summed E-state index contributed by atoms with van der Waals surface area (Å²) in [5.74, 6) is 2.69. The molecule has 1 aromatic heterocycles. The largest absolute Gasteiger partial charge is 0.266 e. The molecule has 0 bridgehead atoms. The minimum Gasteiger partial charge on any atom is -0.266 e. The van der Waals surface area contributed by atoms with E-state index < -0.39 is 0 Å². The molecule has 17 heavy (non-hydrogen) atoms. The summed E-state index contributed by atoms with van der Waals surface area (Å²) < 4.78 is 3.40. The van der Waals surface area contributed by atoms with Crippen molar-refractivity contribution in [3.8, 4) is 0 Å². The van der Waals surface area contributed by atoms with Gasteiger partial charge in [0.1, 0.15) is 3.70 Å². The zero-order chi connectivity index (χ0) is 12.4. The van der Waals surface area contributed by atoms with E-state index in [1.54, 1.807) is 0 Å². The van der Waals surface area contributed by atoms with Gasteiger partial charge in [0.15, 0.2) is 0 Å². The Balaban J connectivity index is 1.85. The molecule has 0 radical (unpaired) electrons. The van der Waals surface area contributed by atoms with Crippen LogP contribution in [0, 0.1) is 21.0 Å². The lowest BCUT2D eigenvalue weighted by Crippen LogP contribution is -2.12. The van der Waals surface area contributed by atoms with Crippen LogP contribution >= 0.6 is 22.6 Å². The normalized spacial score (nSPS) is 34.1. The second-order valence-corrected chi connectivity index (χ2v) is 7.96. The molecule has 2 aliphatic carbocycles. The maximum Gasteiger partial charge on any atom is 0.123 e. The standard InChI is InChI=1S/C14H21IN2/c1-8(2)17-11(5-12(15)16-17)13-9-6-14(3,4)7-10(9)13/h5,8-10,13H,6-7H2,1-4H3/t9-,10+,13+. The quantitative estimate of drug-likeness (QED) is 0.735. The zero-order valence-corrected chi connectivity index (χ0v) is 13.2. The molecule has 2 aliphatic rings. The fourth-order valence-corrected chi connectivity index (χ4v) is 4.39. The summed E-state index contributed by atoms with van der Waals surface area (Å²) in [5, 5.41) is 4.64. The molecule has 2 nitrogen and oxygen atoms in total. The van der Waals surface area contributed by atoms with Gasteiger partial charge in [0.05, 0.1) is 0 Å². The summed E-state index contributed by atoms with van der Waals surface area (Å²) in [6, 6.07) is 2.79. The molecule has 3 heteroatoms. The number of rotatable bonds is 2. The summed E-state index contributed by atoms with van der Waals surface area (Å²) in [5.41, 5.74) is 2.08. The van der Waals surface area contributed by atoms with Crippen LogP contribution in [0.25, 0.3) is 0 Å². The van der Waals surface area contributed by atoms with E-state index in [4.69, 9.17) is 0 Å². The number of fused-ring (bicyclic) bond motifs is 1.